The third-order valence-corrected chi connectivity index (χ3v) is 2.65. The van der Waals surface area contributed by atoms with Crippen LogP contribution in [0.2, 0.25) is 0 Å². The van der Waals surface area contributed by atoms with Crippen LogP contribution >= 0.6 is 0 Å². The van der Waals surface area contributed by atoms with Crippen LogP contribution in [0, 0.1) is 20.8 Å². The fourth-order valence-corrected chi connectivity index (χ4v) is 1.51. The summed E-state index contributed by atoms with van der Waals surface area (Å²) in [4.78, 5) is 0. The minimum absolute atomic E-state index is 1.27. The Hall–Kier alpha value is -1.82. The van der Waals surface area contributed by atoms with E-state index in [0.29, 0.717) is 0 Å². The highest BCUT2D eigenvalue weighted by atomic mass is 13.9. The Morgan fingerprint density at radius 3 is 1.28 bits per heavy atom. The molecular weight excluding hydrogens is 216 g/mol. The molecule has 2 rings (SSSR count). The van der Waals surface area contributed by atoms with Crippen LogP contribution in [0.3, 0.4) is 0 Å². The van der Waals surface area contributed by atoms with Gasteiger partial charge in [-0.1, -0.05) is 77.4 Å². The molecule has 0 saturated heterocycles. The Morgan fingerprint density at radius 2 is 0.944 bits per heavy atom. The lowest BCUT2D eigenvalue weighted by Gasteiger charge is -1.92. The van der Waals surface area contributed by atoms with Gasteiger partial charge in [0.1, 0.15) is 0 Å². The van der Waals surface area contributed by atoms with E-state index < -0.39 is 0 Å². The number of allylic oxidation sites excluding steroid dienone is 1. The van der Waals surface area contributed by atoms with E-state index >= 15 is 0 Å². The molecule has 0 aliphatic carbocycles. The van der Waals surface area contributed by atoms with Gasteiger partial charge in [-0.15, -0.1) is 0 Å². The van der Waals surface area contributed by atoms with E-state index in [1.54, 1.807) is 0 Å². The molecule has 94 valence electrons. The van der Waals surface area contributed by atoms with E-state index in [1.807, 2.05) is 13.0 Å². The average molecular weight is 238 g/mol. The first-order valence-corrected chi connectivity index (χ1v) is 6.34. The first kappa shape index (κ1) is 14.2. The van der Waals surface area contributed by atoms with Gasteiger partial charge in [0, 0.05) is 0 Å². The molecule has 0 fully saturated rings. The summed E-state index contributed by atoms with van der Waals surface area (Å²) in [6.07, 6.45) is 4.14. The molecule has 0 atom stereocenters. The molecule has 0 bridgehead atoms. The van der Waals surface area contributed by atoms with Crippen LogP contribution in [0.1, 0.15) is 29.2 Å². The summed E-state index contributed by atoms with van der Waals surface area (Å²) in [6, 6.07) is 17.0. The van der Waals surface area contributed by atoms with E-state index in [1.165, 1.54) is 22.3 Å². The highest BCUT2D eigenvalue weighted by Gasteiger charge is 1.83. The van der Waals surface area contributed by atoms with Gasteiger partial charge in [0.25, 0.3) is 0 Å². The van der Waals surface area contributed by atoms with E-state index in [9.17, 15) is 0 Å². The average Bonchev–Trinajstić information content (AvgIpc) is 2.37. The molecule has 0 amide bonds. The van der Waals surface area contributed by atoms with Crippen molar-refractivity contribution in [1.29, 1.82) is 0 Å². The molecule has 2 aromatic rings. The largest absolute Gasteiger partial charge is 0.0871 e. The zero-order chi connectivity index (χ0) is 13.4. The summed E-state index contributed by atoms with van der Waals surface area (Å²) in [6.45, 7) is 8.32. The van der Waals surface area contributed by atoms with Crippen molar-refractivity contribution >= 4 is 6.08 Å². The molecule has 0 spiro atoms. The number of rotatable bonds is 1. The molecule has 0 nitrogen and oxygen atoms in total. The summed E-state index contributed by atoms with van der Waals surface area (Å²) in [7, 11) is 0. The zero-order valence-electron chi connectivity index (χ0n) is 11.8. The van der Waals surface area contributed by atoms with E-state index in [4.69, 9.17) is 0 Å². The molecule has 0 aromatic heterocycles. The molecular formula is C18H22. The molecule has 0 saturated carbocycles. The fourth-order valence-electron chi connectivity index (χ4n) is 1.51. The fraction of sp³-hybridized carbons (Fsp3) is 0.222. The predicted octanol–water partition coefficient (Wildman–Crippen LogP) is 5.33. The molecule has 0 aliphatic rings. The number of aryl methyl sites for hydroxylation is 3. The smallest absolute Gasteiger partial charge is 0.0260 e. The van der Waals surface area contributed by atoms with Crippen molar-refractivity contribution in [1.82, 2.24) is 0 Å². The van der Waals surface area contributed by atoms with Crippen LogP contribution in [0.15, 0.2) is 54.6 Å². The highest BCUT2D eigenvalue weighted by molar-refractivity contribution is 5.48. The molecule has 18 heavy (non-hydrogen) atoms. The second-order valence-electron chi connectivity index (χ2n) is 4.57. The van der Waals surface area contributed by atoms with Gasteiger partial charge in [-0.05, 0) is 33.3 Å². The monoisotopic (exact) mass is 238 g/mol. The summed E-state index contributed by atoms with van der Waals surface area (Å²) < 4.78 is 0. The van der Waals surface area contributed by atoms with Crippen molar-refractivity contribution in [3.8, 4) is 0 Å². The molecule has 0 aliphatic heterocycles. The first-order chi connectivity index (χ1) is 8.61. The third-order valence-electron chi connectivity index (χ3n) is 2.65. The first-order valence-electron chi connectivity index (χ1n) is 6.34. The Bertz CT molecular complexity index is 451. The van der Waals surface area contributed by atoms with Crippen molar-refractivity contribution in [2.75, 3.05) is 0 Å². The van der Waals surface area contributed by atoms with E-state index in [-0.39, 0.29) is 0 Å². The summed E-state index contributed by atoms with van der Waals surface area (Å²) in [5.41, 5.74) is 5.24. The zero-order valence-corrected chi connectivity index (χ0v) is 11.8. The van der Waals surface area contributed by atoms with Gasteiger partial charge in [0.05, 0.1) is 0 Å². The number of benzene rings is 2. The van der Waals surface area contributed by atoms with Gasteiger partial charge in [0.15, 0.2) is 0 Å². The summed E-state index contributed by atoms with van der Waals surface area (Å²) in [5.74, 6) is 0. The minimum atomic E-state index is 1.27. The predicted molar refractivity (Wildman–Crippen MR) is 81.8 cm³/mol. The van der Waals surface area contributed by atoms with Gasteiger partial charge < -0.3 is 0 Å². The van der Waals surface area contributed by atoms with Gasteiger partial charge >= 0.3 is 0 Å². The van der Waals surface area contributed by atoms with Gasteiger partial charge in [0.2, 0.25) is 0 Å². The third kappa shape index (κ3) is 5.49. The molecule has 0 radical (unpaired) electrons. The normalized spacial score (nSPS) is 10.0. The lowest BCUT2D eigenvalue weighted by molar-refractivity contribution is 1.40. The van der Waals surface area contributed by atoms with Crippen molar-refractivity contribution < 1.29 is 0 Å². The second-order valence-corrected chi connectivity index (χ2v) is 4.57. The van der Waals surface area contributed by atoms with E-state index in [0.717, 1.165) is 0 Å². The van der Waals surface area contributed by atoms with Crippen molar-refractivity contribution in [2.45, 2.75) is 27.7 Å². The molecule has 0 unspecified atom stereocenters. The van der Waals surface area contributed by atoms with Gasteiger partial charge in [-0.3, -0.25) is 0 Å². The molecule has 0 heteroatoms. The van der Waals surface area contributed by atoms with Crippen molar-refractivity contribution in [2.24, 2.45) is 0 Å². The van der Waals surface area contributed by atoms with Crippen LogP contribution in [-0.4, -0.2) is 0 Å². The Labute approximate surface area is 111 Å². The second kappa shape index (κ2) is 7.50. The highest BCUT2D eigenvalue weighted by Crippen LogP contribution is 2.04. The number of hydrogen-bond donors (Lipinski definition) is 0. The lowest BCUT2D eigenvalue weighted by atomic mass is 10.1. The lowest BCUT2D eigenvalue weighted by Crippen LogP contribution is -1.71. The van der Waals surface area contributed by atoms with Crippen LogP contribution < -0.4 is 0 Å². The van der Waals surface area contributed by atoms with Gasteiger partial charge in [-0.25, -0.2) is 0 Å². The van der Waals surface area contributed by atoms with Crippen molar-refractivity contribution in [3.05, 3.63) is 76.9 Å². The molecule has 2 aromatic carbocycles. The Kier molecular flexibility index (Phi) is 5.93. The van der Waals surface area contributed by atoms with Crippen LogP contribution in [0.4, 0.5) is 0 Å². The Balaban J connectivity index is 0.000000184. The van der Waals surface area contributed by atoms with E-state index in [2.05, 4.69) is 75.4 Å². The maximum Gasteiger partial charge on any atom is -0.0260 e. The standard InChI is InChI=1S/C10H12.C8H10/c1-3-4-10-7-5-9(2)6-8-10;1-7-3-5-8(2)6-4-7/h3-8H,1-2H3;3-6H,1-2H3/b4-3+;. The quantitative estimate of drug-likeness (QED) is 0.629. The van der Waals surface area contributed by atoms with Crippen LogP contribution in [-0.2, 0) is 0 Å². The van der Waals surface area contributed by atoms with Crippen LogP contribution in [0.25, 0.3) is 6.08 Å². The summed E-state index contributed by atoms with van der Waals surface area (Å²) >= 11 is 0. The minimum Gasteiger partial charge on any atom is -0.0871 e. The molecule has 0 heterocycles. The van der Waals surface area contributed by atoms with Crippen LogP contribution in [0.5, 0.6) is 0 Å². The maximum absolute atomic E-state index is 2.12. The Morgan fingerprint density at radius 1 is 0.611 bits per heavy atom. The topological polar surface area (TPSA) is 0 Å². The SMILES string of the molecule is C/C=C/c1ccc(C)cc1.Cc1ccc(C)cc1. The van der Waals surface area contributed by atoms with Crippen molar-refractivity contribution in [3.63, 3.8) is 0 Å². The molecule has 0 N–H and O–H groups in total. The summed E-state index contributed by atoms with van der Waals surface area (Å²) in [5, 5.41) is 0. The van der Waals surface area contributed by atoms with Gasteiger partial charge in [-0.2, -0.15) is 0 Å². The number of hydrogen-bond acceptors (Lipinski definition) is 0. The maximum atomic E-state index is 2.12.